The van der Waals surface area contributed by atoms with Crippen molar-refractivity contribution in [1.82, 2.24) is 13.9 Å². The molecule has 0 aromatic rings. The minimum absolute atomic E-state index is 0.320. The first-order valence-corrected chi connectivity index (χ1v) is 9.07. The Bertz CT molecular complexity index is 405. The second-order valence-corrected chi connectivity index (χ2v) is 8.18. The molecule has 20 heavy (non-hydrogen) atoms. The van der Waals surface area contributed by atoms with E-state index in [-0.39, 0.29) is 0 Å². The monoisotopic (exact) mass is 304 g/mol. The lowest BCUT2D eigenvalue weighted by atomic mass is 10.0. The Labute approximate surface area is 122 Å². The molecule has 0 spiro atoms. The SMILES string of the molecule is CC(C)CNS(=O)(=O)N1CCC(N2CCC(N)CC2)C1. The van der Waals surface area contributed by atoms with Gasteiger partial charge in [-0.1, -0.05) is 13.8 Å². The van der Waals surface area contributed by atoms with Crippen LogP contribution in [0.3, 0.4) is 0 Å². The Morgan fingerprint density at radius 2 is 1.85 bits per heavy atom. The zero-order valence-corrected chi connectivity index (χ0v) is 13.4. The highest BCUT2D eigenvalue weighted by Gasteiger charge is 2.35. The lowest BCUT2D eigenvalue weighted by molar-refractivity contribution is 0.159. The van der Waals surface area contributed by atoms with Crippen LogP contribution in [0.5, 0.6) is 0 Å². The Hall–Kier alpha value is -0.210. The van der Waals surface area contributed by atoms with Gasteiger partial charge >= 0.3 is 0 Å². The molecule has 3 N–H and O–H groups in total. The third kappa shape index (κ3) is 4.14. The van der Waals surface area contributed by atoms with E-state index in [0.29, 0.717) is 37.6 Å². The molecule has 0 amide bonds. The van der Waals surface area contributed by atoms with Gasteiger partial charge in [0.25, 0.3) is 10.2 Å². The predicted molar refractivity (Wildman–Crippen MR) is 80.5 cm³/mol. The van der Waals surface area contributed by atoms with E-state index < -0.39 is 10.2 Å². The second-order valence-electron chi connectivity index (χ2n) is 6.42. The zero-order chi connectivity index (χ0) is 14.8. The van der Waals surface area contributed by atoms with Gasteiger partial charge in [-0.25, -0.2) is 4.72 Å². The average molecular weight is 304 g/mol. The van der Waals surface area contributed by atoms with Crippen LogP contribution >= 0.6 is 0 Å². The van der Waals surface area contributed by atoms with Crippen LogP contribution in [-0.4, -0.2) is 62.4 Å². The molecule has 2 rings (SSSR count). The van der Waals surface area contributed by atoms with Crippen LogP contribution in [0.4, 0.5) is 0 Å². The van der Waals surface area contributed by atoms with Crippen molar-refractivity contribution in [2.75, 3.05) is 32.7 Å². The van der Waals surface area contributed by atoms with Gasteiger partial charge in [-0.15, -0.1) is 0 Å². The molecule has 0 aliphatic carbocycles. The molecule has 2 heterocycles. The summed E-state index contributed by atoms with van der Waals surface area (Å²) in [4.78, 5) is 2.40. The summed E-state index contributed by atoms with van der Waals surface area (Å²) in [5.41, 5.74) is 5.92. The molecular weight excluding hydrogens is 276 g/mol. The fraction of sp³-hybridized carbons (Fsp3) is 1.00. The number of piperidine rings is 1. The molecule has 1 unspecified atom stereocenters. The summed E-state index contributed by atoms with van der Waals surface area (Å²) in [5, 5.41) is 0. The van der Waals surface area contributed by atoms with Crippen LogP contribution in [-0.2, 0) is 10.2 Å². The van der Waals surface area contributed by atoms with E-state index in [1.165, 1.54) is 0 Å². The topological polar surface area (TPSA) is 78.7 Å². The van der Waals surface area contributed by atoms with Gasteiger partial charge in [0, 0.05) is 31.7 Å². The molecule has 0 saturated carbocycles. The number of likely N-dealkylation sites (tertiary alicyclic amines) is 1. The molecule has 2 fully saturated rings. The van der Waals surface area contributed by atoms with E-state index in [9.17, 15) is 8.42 Å². The fourth-order valence-corrected chi connectivity index (χ4v) is 4.32. The highest BCUT2D eigenvalue weighted by atomic mass is 32.2. The third-order valence-corrected chi connectivity index (χ3v) is 5.77. The summed E-state index contributed by atoms with van der Waals surface area (Å²) in [6.45, 7) is 7.75. The summed E-state index contributed by atoms with van der Waals surface area (Å²) < 4.78 is 28.7. The van der Waals surface area contributed by atoms with Crippen molar-refractivity contribution in [2.45, 2.75) is 45.2 Å². The first kappa shape index (κ1) is 16.2. The molecule has 7 heteroatoms. The number of nitrogens with zero attached hydrogens (tertiary/aromatic N) is 2. The lowest BCUT2D eigenvalue weighted by Gasteiger charge is -2.34. The summed E-state index contributed by atoms with van der Waals surface area (Å²) in [5.74, 6) is 0.326. The van der Waals surface area contributed by atoms with Crippen molar-refractivity contribution in [3.8, 4) is 0 Å². The van der Waals surface area contributed by atoms with Crippen LogP contribution in [0, 0.1) is 5.92 Å². The second kappa shape index (κ2) is 6.70. The van der Waals surface area contributed by atoms with Crippen molar-refractivity contribution in [3.63, 3.8) is 0 Å². The third-order valence-electron chi connectivity index (χ3n) is 4.23. The molecule has 2 aliphatic rings. The molecule has 2 saturated heterocycles. The smallest absolute Gasteiger partial charge is 0.279 e. The molecule has 1 atom stereocenters. The van der Waals surface area contributed by atoms with Crippen LogP contribution in [0.25, 0.3) is 0 Å². The Balaban J connectivity index is 1.85. The maximum Gasteiger partial charge on any atom is 0.279 e. The minimum atomic E-state index is -3.31. The van der Waals surface area contributed by atoms with Crippen molar-refractivity contribution in [1.29, 1.82) is 0 Å². The van der Waals surface area contributed by atoms with E-state index in [2.05, 4.69) is 9.62 Å². The van der Waals surface area contributed by atoms with Crippen molar-refractivity contribution in [2.24, 2.45) is 11.7 Å². The fourth-order valence-electron chi connectivity index (χ4n) is 2.87. The number of hydrogen-bond donors (Lipinski definition) is 2. The van der Waals surface area contributed by atoms with Gasteiger partial charge in [0.1, 0.15) is 0 Å². The Kier molecular flexibility index (Phi) is 5.42. The summed E-state index contributed by atoms with van der Waals surface area (Å²) in [7, 11) is -3.31. The van der Waals surface area contributed by atoms with Crippen LogP contribution in [0.15, 0.2) is 0 Å². The first-order chi connectivity index (χ1) is 9.38. The Morgan fingerprint density at radius 3 is 2.45 bits per heavy atom. The van der Waals surface area contributed by atoms with Crippen LogP contribution < -0.4 is 10.5 Å². The summed E-state index contributed by atoms with van der Waals surface area (Å²) in [6, 6.07) is 0.679. The molecular formula is C13H28N4O2S. The summed E-state index contributed by atoms with van der Waals surface area (Å²) >= 11 is 0. The van der Waals surface area contributed by atoms with E-state index in [0.717, 1.165) is 32.4 Å². The zero-order valence-electron chi connectivity index (χ0n) is 12.6. The standard InChI is InChI=1S/C13H28N4O2S/c1-11(2)9-15-20(18,19)17-8-5-13(10-17)16-6-3-12(14)4-7-16/h11-13,15H,3-10,14H2,1-2H3. The summed E-state index contributed by atoms with van der Waals surface area (Å²) in [6.07, 6.45) is 2.97. The van der Waals surface area contributed by atoms with Crippen molar-refractivity contribution >= 4 is 10.2 Å². The largest absolute Gasteiger partial charge is 0.328 e. The molecule has 0 aromatic carbocycles. The number of nitrogens with two attached hydrogens (primary N) is 1. The number of hydrogen-bond acceptors (Lipinski definition) is 4. The predicted octanol–water partition coefficient (Wildman–Crippen LogP) is -0.0258. The van der Waals surface area contributed by atoms with Crippen LogP contribution in [0.2, 0.25) is 0 Å². The van der Waals surface area contributed by atoms with E-state index in [1.807, 2.05) is 13.8 Å². The normalized spacial score (nSPS) is 27.5. The van der Waals surface area contributed by atoms with Crippen molar-refractivity contribution < 1.29 is 8.42 Å². The number of rotatable bonds is 5. The Morgan fingerprint density at radius 1 is 1.20 bits per heavy atom. The van der Waals surface area contributed by atoms with Gasteiger partial charge in [0.05, 0.1) is 0 Å². The van der Waals surface area contributed by atoms with E-state index >= 15 is 0 Å². The molecule has 6 nitrogen and oxygen atoms in total. The quantitative estimate of drug-likeness (QED) is 0.748. The van der Waals surface area contributed by atoms with E-state index in [4.69, 9.17) is 5.73 Å². The highest BCUT2D eigenvalue weighted by Crippen LogP contribution is 2.21. The maximum absolute atomic E-state index is 12.2. The average Bonchev–Trinajstić information content (AvgIpc) is 2.88. The van der Waals surface area contributed by atoms with Gasteiger partial charge in [0.15, 0.2) is 0 Å². The molecule has 2 aliphatic heterocycles. The van der Waals surface area contributed by atoms with Gasteiger partial charge < -0.3 is 5.73 Å². The van der Waals surface area contributed by atoms with Gasteiger partial charge in [-0.2, -0.15) is 12.7 Å². The van der Waals surface area contributed by atoms with Gasteiger partial charge in [-0.05, 0) is 38.3 Å². The minimum Gasteiger partial charge on any atom is -0.328 e. The lowest BCUT2D eigenvalue weighted by Crippen LogP contribution is -2.47. The van der Waals surface area contributed by atoms with Gasteiger partial charge in [0.2, 0.25) is 0 Å². The molecule has 118 valence electrons. The highest BCUT2D eigenvalue weighted by molar-refractivity contribution is 7.87. The maximum atomic E-state index is 12.2. The molecule has 0 radical (unpaired) electrons. The first-order valence-electron chi connectivity index (χ1n) is 7.63. The molecule has 0 bridgehead atoms. The van der Waals surface area contributed by atoms with Crippen molar-refractivity contribution in [3.05, 3.63) is 0 Å². The van der Waals surface area contributed by atoms with Gasteiger partial charge in [-0.3, -0.25) is 4.90 Å². The number of nitrogens with one attached hydrogen (secondary N) is 1. The van der Waals surface area contributed by atoms with E-state index in [1.54, 1.807) is 4.31 Å². The molecule has 0 aromatic heterocycles. The van der Waals surface area contributed by atoms with Crippen LogP contribution in [0.1, 0.15) is 33.1 Å².